The molecular weight excluding hydrogens is 312 g/mol. The Hall–Kier alpha value is -0.680. The van der Waals surface area contributed by atoms with Gasteiger partial charge in [-0.25, -0.2) is 4.99 Å². The zero-order valence-corrected chi connectivity index (χ0v) is 12.7. The molecule has 1 aromatic rings. The first-order valence-electron chi connectivity index (χ1n) is 6.02. The molecule has 1 fully saturated rings. The lowest BCUT2D eigenvalue weighted by molar-refractivity contribution is 0.0271. The Morgan fingerprint density at radius 2 is 2.28 bits per heavy atom. The van der Waals surface area contributed by atoms with Crippen molar-refractivity contribution < 1.29 is 4.74 Å². The molecule has 2 bridgehead atoms. The normalized spacial score (nSPS) is 31.7. The summed E-state index contributed by atoms with van der Waals surface area (Å²) in [5.74, 6) is 2.15. The van der Waals surface area contributed by atoms with E-state index in [2.05, 4.69) is 30.0 Å². The third-order valence-electron chi connectivity index (χ3n) is 3.70. The van der Waals surface area contributed by atoms with Crippen LogP contribution in [0.25, 0.3) is 0 Å². The fourth-order valence-corrected chi connectivity index (χ4v) is 4.06. The molecule has 0 aromatic heterocycles. The van der Waals surface area contributed by atoms with Crippen LogP contribution in [0.4, 0.5) is 0 Å². The van der Waals surface area contributed by atoms with E-state index in [1.807, 2.05) is 17.8 Å². The zero-order chi connectivity index (χ0) is 11.5. The van der Waals surface area contributed by atoms with Crippen molar-refractivity contribution in [3.63, 3.8) is 0 Å². The molecule has 3 aliphatic heterocycles. The van der Waals surface area contributed by atoms with Gasteiger partial charge >= 0.3 is 0 Å². The van der Waals surface area contributed by atoms with Gasteiger partial charge in [0.25, 0.3) is 0 Å². The topological polar surface area (TPSA) is 24.8 Å². The van der Waals surface area contributed by atoms with E-state index in [-0.39, 0.29) is 22.7 Å². The summed E-state index contributed by atoms with van der Waals surface area (Å²) in [6.45, 7) is 3.21. The summed E-state index contributed by atoms with van der Waals surface area (Å²) in [4.78, 5) is 7.22. The number of ether oxygens (including phenoxy) is 1. The lowest BCUT2D eigenvalue weighted by Gasteiger charge is -2.45. The minimum atomic E-state index is -0.359. The molecule has 3 heterocycles. The number of hydrogen-bond acceptors (Lipinski definition) is 4. The van der Waals surface area contributed by atoms with Gasteiger partial charge in [0.15, 0.2) is 5.17 Å². The van der Waals surface area contributed by atoms with Crippen molar-refractivity contribution in [2.45, 2.75) is 25.1 Å². The first kappa shape index (κ1) is 12.4. The standard InChI is InChI=1S/C13H14N2OS.BrH/c1-13-8-10(15-6-7-17-12(15)14-13)9-4-2-3-5-11(9)16-13;/h2-5,10H,6-8H2,1H3;1H/t10-,13-;/m1./s1. The average Bonchev–Trinajstić information content (AvgIpc) is 2.75. The highest BCUT2D eigenvalue weighted by atomic mass is 79.9. The SMILES string of the molecule is Br.C[C@]12C[C@H](c3ccccc3O1)N1CCSC1=N2. The van der Waals surface area contributed by atoms with Crippen LogP contribution in [0.5, 0.6) is 5.75 Å². The number of rotatable bonds is 0. The molecule has 1 aromatic carbocycles. The summed E-state index contributed by atoms with van der Waals surface area (Å²) in [6, 6.07) is 8.83. The van der Waals surface area contributed by atoms with Gasteiger partial charge in [0.2, 0.25) is 5.72 Å². The maximum atomic E-state index is 6.07. The van der Waals surface area contributed by atoms with E-state index in [1.165, 1.54) is 10.7 Å². The average molecular weight is 327 g/mol. The van der Waals surface area contributed by atoms with Crippen LogP contribution in [0.3, 0.4) is 0 Å². The molecule has 3 aliphatic rings. The molecule has 0 N–H and O–H groups in total. The van der Waals surface area contributed by atoms with Gasteiger partial charge in [-0.3, -0.25) is 0 Å². The minimum absolute atomic E-state index is 0. The van der Waals surface area contributed by atoms with Crippen LogP contribution in [-0.2, 0) is 0 Å². The number of para-hydroxylation sites is 1. The maximum Gasteiger partial charge on any atom is 0.202 e. The third kappa shape index (κ3) is 1.67. The number of nitrogens with zero attached hydrogens (tertiary/aromatic N) is 2. The highest BCUT2D eigenvalue weighted by Crippen LogP contribution is 2.48. The fraction of sp³-hybridized carbons (Fsp3) is 0.462. The van der Waals surface area contributed by atoms with Crippen molar-refractivity contribution in [2.24, 2.45) is 4.99 Å². The molecule has 18 heavy (non-hydrogen) atoms. The van der Waals surface area contributed by atoms with E-state index in [1.54, 1.807) is 0 Å². The Morgan fingerprint density at radius 1 is 1.44 bits per heavy atom. The van der Waals surface area contributed by atoms with Crippen molar-refractivity contribution in [3.8, 4) is 5.75 Å². The number of fused-ring (bicyclic) bond motifs is 6. The number of halogens is 1. The summed E-state index contributed by atoms with van der Waals surface area (Å²) < 4.78 is 6.07. The van der Waals surface area contributed by atoms with Gasteiger partial charge in [0.1, 0.15) is 5.75 Å². The van der Waals surface area contributed by atoms with Crippen LogP contribution in [0, 0.1) is 0 Å². The van der Waals surface area contributed by atoms with Crippen molar-refractivity contribution in [2.75, 3.05) is 12.3 Å². The van der Waals surface area contributed by atoms with Gasteiger partial charge in [0, 0.05) is 24.3 Å². The second kappa shape index (κ2) is 4.17. The summed E-state index contributed by atoms with van der Waals surface area (Å²) in [7, 11) is 0. The molecule has 1 saturated heterocycles. The van der Waals surface area contributed by atoms with E-state index in [0.29, 0.717) is 6.04 Å². The second-order valence-corrected chi connectivity index (χ2v) is 6.03. The van der Waals surface area contributed by atoms with E-state index in [4.69, 9.17) is 9.73 Å². The van der Waals surface area contributed by atoms with E-state index in [0.717, 1.165) is 24.5 Å². The molecule has 0 amide bonds. The van der Waals surface area contributed by atoms with E-state index >= 15 is 0 Å². The highest BCUT2D eigenvalue weighted by Gasteiger charge is 2.46. The monoisotopic (exact) mass is 326 g/mol. The van der Waals surface area contributed by atoms with Crippen LogP contribution in [0.1, 0.15) is 24.9 Å². The molecule has 0 aliphatic carbocycles. The lowest BCUT2D eigenvalue weighted by atomic mass is 9.91. The quantitative estimate of drug-likeness (QED) is 0.731. The maximum absolute atomic E-state index is 6.07. The molecule has 96 valence electrons. The van der Waals surface area contributed by atoms with Gasteiger partial charge in [-0.1, -0.05) is 30.0 Å². The van der Waals surface area contributed by atoms with Gasteiger partial charge in [-0.15, -0.1) is 17.0 Å². The molecule has 0 spiro atoms. The van der Waals surface area contributed by atoms with Crippen molar-refractivity contribution >= 4 is 33.9 Å². The number of aliphatic imine (C=N–C) groups is 1. The number of amidine groups is 1. The van der Waals surface area contributed by atoms with Crippen molar-refractivity contribution in [1.82, 2.24) is 4.90 Å². The number of benzene rings is 1. The molecule has 5 heteroatoms. The number of thioether (sulfide) groups is 1. The van der Waals surface area contributed by atoms with Crippen molar-refractivity contribution in [3.05, 3.63) is 29.8 Å². The van der Waals surface area contributed by atoms with Crippen LogP contribution in [-0.4, -0.2) is 28.1 Å². The Kier molecular flexibility index (Phi) is 2.86. The summed E-state index contributed by atoms with van der Waals surface area (Å²) in [5.41, 5.74) is 0.960. The van der Waals surface area contributed by atoms with Gasteiger partial charge in [-0.2, -0.15) is 0 Å². The van der Waals surface area contributed by atoms with Crippen LogP contribution in [0.15, 0.2) is 29.3 Å². The van der Waals surface area contributed by atoms with Crippen LogP contribution < -0.4 is 4.74 Å². The molecule has 0 saturated carbocycles. The van der Waals surface area contributed by atoms with Crippen LogP contribution >= 0.6 is 28.7 Å². The Bertz CT molecular complexity index is 521. The summed E-state index contributed by atoms with van der Waals surface area (Å²) >= 11 is 1.85. The highest BCUT2D eigenvalue weighted by molar-refractivity contribution is 8.93. The fourth-order valence-electron chi connectivity index (χ4n) is 2.94. The van der Waals surface area contributed by atoms with E-state index in [9.17, 15) is 0 Å². The third-order valence-corrected chi connectivity index (χ3v) is 4.67. The van der Waals surface area contributed by atoms with Gasteiger partial charge < -0.3 is 9.64 Å². The Balaban J connectivity index is 0.000001000. The van der Waals surface area contributed by atoms with E-state index < -0.39 is 0 Å². The summed E-state index contributed by atoms with van der Waals surface area (Å²) in [6.07, 6.45) is 0.966. The Morgan fingerprint density at radius 3 is 3.17 bits per heavy atom. The predicted molar refractivity (Wildman–Crippen MR) is 79.8 cm³/mol. The minimum Gasteiger partial charge on any atom is -0.466 e. The molecule has 0 radical (unpaired) electrons. The van der Waals surface area contributed by atoms with Gasteiger partial charge in [-0.05, 0) is 13.0 Å². The first-order chi connectivity index (χ1) is 8.25. The largest absolute Gasteiger partial charge is 0.466 e. The zero-order valence-electron chi connectivity index (χ0n) is 10.1. The molecular formula is C13H15BrN2OS. The molecule has 4 rings (SSSR count). The summed E-state index contributed by atoms with van der Waals surface area (Å²) in [5, 5.41) is 1.17. The smallest absolute Gasteiger partial charge is 0.202 e. The molecule has 2 atom stereocenters. The lowest BCUT2D eigenvalue weighted by Crippen LogP contribution is -2.48. The predicted octanol–water partition coefficient (Wildman–Crippen LogP) is 3.22. The van der Waals surface area contributed by atoms with Crippen molar-refractivity contribution in [1.29, 1.82) is 0 Å². The van der Waals surface area contributed by atoms with Gasteiger partial charge in [0.05, 0.1) is 6.04 Å². The Labute approximate surface area is 121 Å². The molecule has 0 unspecified atom stereocenters. The van der Waals surface area contributed by atoms with Crippen LogP contribution in [0.2, 0.25) is 0 Å². The second-order valence-electron chi connectivity index (χ2n) is 4.97. The number of hydrogen-bond donors (Lipinski definition) is 0. The molecule has 3 nitrogen and oxygen atoms in total. The first-order valence-corrected chi connectivity index (χ1v) is 7.01.